The van der Waals surface area contributed by atoms with Gasteiger partial charge in [-0.1, -0.05) is 19.1 Å². The number of rotatable bonds is 2. The Balaban J connectivity index is 1.94. The van der Waals surface area contributed by atoms with Gasteiger partial charge >= 0.3 is 0 Å². The molecule has 2 heterocycles. The first-order chi connectivity index (χ1) is 9.69. The van der Waals surface area contributed by atoms with Gasteiger partial charge in [0.05, 0.1) is 11.6 Å². The van der Waals surface area contributed by atoms with Gasteiger partial charge in [0.2, 0.25) is 5.95 Å². The van der Waals surface area contributed by atoms with Crippen LogP contribution in [0.5, 0.6) is 0 Å². The molecule has 3 rings (SSSR count). The minimum atomic E-state index is 0.222. The maximum Gasteiger partial charge on any atom is 0.227 e. The van der Waals surface area contributed by atoms with Crippen LogP contribution in [0.25, 0.3) is 10.9 Å². The van der Waals surface area contributed by atoms with Gasteiger partial charge in [0, 0.05) is 25.6 Å². The van der Waals surface area contributed by atoms with Crippen LogP contribution in [-0.4, -0.2) is 36.3 Å². The predicted octanol–water partition coefficient (Wildman–Crippen LogP) is 2.07. The first kappa shape index (κ1) is 13.1. The molecule has 0 bridgehead atoms. The summed E-state index contributed by atoms with van der Waals surface area (Å²) in [5.74, 6) is 1.81. The number of piperidine rings is 1. The number of nitrogens with two attached hydrogens (primary N) is 1. The van der Waals surface area contributed by atoms with E-state index in [2.05, 4.69) is 21.8 Å². The van der Waals surface area contributed by atoms with E-state index in [-0.39, 0.29) is 6.10 Å². The van der Waals surface area contributed by atoms with E-state index in [0.29, 0.717) is 17.7 Å². The van der Waals surface area contributed by atoms with Crippen molar-refractivity contribution in [1.29, 1.82) is 0 Å². The summed E-state index contributed by atoms with van der Waals surface area (Å²) in [6.07, 6.45) is 1.30. The normalized spacial score (nSPS) is 23.2. The summed E-state index contributed by atoms with van der Waals surface area (Å²) in [4.78, 5) is 11.3. The minimum Gasteiger partial charge on any atom is -0.383 e. The lowest BCUT2D eigenvalue weighted by atomic mass is 9.96. The van der Waals surface area contributed by atoms with Gasteiger partial charge in [0.25, 0.3) is 0 Å². The fourth-order valence-electron chi connectivity index (χ4n) is 2.75. The summed E-state index contributed by atoms with van der Waals surface area (Å²) in [6.45, 7) is 3.98. The monoisotopic (exact) mass is 272 g/mol. The molecule has 1 saturated heterocycles. The largest absolute Gasteiger partial charge is 0.383 e. The van der Waals surface area contributed by atoms with Crippen LogP contribution in [0.4, 0.5) is 11.8 Å². The summed E-state index contributed by atoms with van der Waals surface area (Å²) in [6, 6.07) is 7.84. The number of methoxy groups -OCH3 is 1. The molecule has 2 N–H and O–H groups in total. The Kier molecular flexibility index (Phi) is 3.44. The molecule has 106 valence electrons. The zero-order valence-corrected chi connectivity index (χ0v) is 11.9. The number of fused-ring (bicyclic) bond motifs is 1. The van der Waals surface area contributed by atoms with E-state index in [1.54, 1.807) is 7.11 Å². The van der Waals surface area contributed by atoms with E-state index in [9.17, 15) is 0 Å². The van der Waals surface area contributed by atoms with Crippen LogP contribution in [0.1, 0.15) is 13.3 Å². The summed E-state index contributed by atoms with van der Waals surface area (Å²) in [5.41, 5.74) is 6.94. The van der Waals surface area contributed by atoms with Crippen LogP contribution in [0.2, 0.25) is 0 Å². The zero-order chi connectivity index (χ0) is 14.1. The van der Waals surface area contributed by atoms with Gasteiger partial charge < -0.3 is 15.4 Å². The third-order valence-electron chi connectivity index (χ3n) is 4.10. The third kappa shape index (κ3) is 2.29. The molecule has 1 aromatic heterocycles. The van der Waals surface area contributed by atoms with Crippen molar-refractivity contribution in [3.8, 4) is 0 Å². The smallest absolute Gasteiger partial charge is 0.227 e. The third-order valence-corrected chi connectivity index (χ3v) is 4.10. The molecule has 5 heteroatoms. The van der Waals surface area contributed by atoms with Gasteiger partial charge in [0.1, 0.15) is 5.82 Å². The molecule has 1 aliphatic rings. The number of aromatic nitrogens is 2. The van der Waals surface area contributed by atoms with E-state index < -0.39 is 0 Å². The summed E-state index contributed by atoms with van der Waals surface area (Å²) in [5, 5.41) is 0.907. The lowest BCUT2D eigenvalue weighted by Gasteiger charge is -2.36. The maximum atomic E-state index is 6.05. The number of para-hydroxylation sites is 1. The number of nitrogens with zero attached hydrogens (tertiary/aromatic N) is 3. The van der Waals surface area contributed by atoms with Gasteiger partial charge in [-0.15, -0.1) is 0 Å². The predicted molar refractivity (Wildman–Crippen MR) is 80.7 cm³/mol. The van der Waals surface area contributed by atoms with E-state index in [4.69, 9.17) is 10.5 Å². The maximum absolute atomic E-state index is 6.05. The zero-order valence-electron chi connectivity index (χ0n) is 11.9. The number of anilines is 2. The molecule has 1 aliphatic heterocycles. The highest BCUT2D eigenvalue weighted by molar-refractivity contribution is 5.88. The second-order valence-electron chi connectivity index (χ2n) is 5.41. The Morgan fingerprint density at radius 3 is 2.90 bits per heavy atom. The van der Waals surface area contributed by atoms with Crippen molar-refractivity contribution >= 4 is 22.7 Å². The minimum absolute atomic E-state index is 0.222. The van der Waals surface area contributed by atoms with Gasteiger partial charge in [-0.05, 0) is 24.5 Å². The Morgan fingerprint density at radius 2 is 2.10 bits per heavy atom. The molecule has 5 nitrogen and oxygen atoms in total. The van der Waals surface area contributed by atoms with Crippen molar-refractivity contribution in [2.24, 2.45) is 5.92 Å². The van der Waals surface area contributed by atoms with Crippen LogP contribution < -0.4 is 10.6 Å². The van der Waals surface area contributed by atoms with Crippen molar-refractivity contribution in [2.45, 2.75) is 19.4 Å². The van der Waals surface area contributed by atoms with Crippen LogP contribution in [0.3, 0.4) is 0 Å². The second-order valence-corrected chi connectivity index (χ2v) is 5.41. The Labute approximate surface area is 118 Å². The average Bonchev–Trinajstić information content (AvgIpc) is 2.47. The molecule has 1 aromatic carbocycles. The summed E-state index contributed by atoms with van der Waals surface area (Å²) in [7, 11) is 1.76. The molecule has 0 saturated carbocycles. The topological polar surface area (TPSA) is 64.3 Å². The fraction of sp³-hybridized carbons (Fsp3) is 0.467. The highest BCUT2D eigenvalue weighted by atomic mass is 16.5. The van der Waals surface area contributed by atoms with Crippen molar-refractivity contribution in [2.75, 3.05) is 30.8 Å². The molecule has 1 fully saturated rings. The standard InChI is InChI=1S/C15H20N4O/c1-10-7-8-19(9-13(10)20-2)15-17-12-6-4-3-5-11(12)14(16)18-15/h3-6,10,13H,7-9H2,1-2H3,(H2,16,17,18). The van der Waals surface area contributed by atoms with Crippen LogP contribution >= 0.6 is 0 Å². The number of benzene rings is 1. The van der Waals surface area contributed by atoms with E-state index in [1.807, 2.05) is 24.3 Å². The number of ether oxygens (including phenoxy) is 1. The van der Waals surface area contributed by atoms with E-state index in [0.717, 1.165) is 30.4 Å². The molecule has 0 aliphatic carbocycles. The van der Waals surface area contributed by atoms with Crippen LogP contribution in [0.15, 0.2) is 24.3 Å². The van der Waals surface area contributed by atoms with Crippen LogP contribution in [0, 0.1) is 5.92 Å². The first-order valence-corrected chi connectivity index (χ1v) is 6.99. The molecule has 0 spiro atoms. The fourth-order valence-corrected chi connectivity index (χ4v) is 2.75. The van der Waals surface area contributed by atoms with E-state index >= 15 is 0 Å². The Morgan fingerprint density at radius 1 is 1.30 bits per heavy atom. The van der Waals surface area contributed by atoms with Gasteiger partial charge in [-0.25, -0.2) is 4.98 Å². The number of hydrogen-bond acceptors (Lipinski definition) is 5. The second kappa shape index (κ2) is 5.25. The molecule has 0 amide bonds. The highest BCUT2D eigenvalue weighted by Gasteiger charge is 2.27. The Bertz CT molecular complexity index is 616. The molecular weight excluding hydrogens is 252 g/mol. The molecule has 2 aromatic rings. The quantitative estimate of drug-likeness (QED) is 0.906. The molecule has 20 heavy (non-hydrogen) atoms. The van der Waals surface area contributed by atoms with Crippen molar-refractivity contribution in [3.63, 3.8) is 0 Å². The lowest BCUT2D eigenvalue weighted by molar-refractivity contribution is 0.0494. The highest BCUT2D eigenvalue weighted by Crippen LogP contribution is 2.25. The first-order valence-electron chi connectivity index (χ1n) is 6.99. The van der Waals surface area contributed by atoms with Gasteiger partial charge in [0.15, 0.2) is 0 Å². The molecule has 0 radical (unpaired) electrons. The van der Waals surface area contributed by atoms with Crippen LogP contribution in [-0.2, 0) is 4.74 Å². The Hall–Kier alpha value is -1.88. The summed E-state index contributed by atoms with van der Waals surface area (Å²) >= 11 is 0. The average molecular weight is 272 g/mol. The number of hydrogen-bond donors (Lipinski definition) is 1. The molecule has 2 unspecified atom stereocenters. The van der Waals surface area contributed by atoms with E-state index in [1.165, 1.54) is 0 Å². The van der Waals surface area contributed by atoms with Crippen molar-refractivity contribution in [1.82, 2.24) is 9.97 Å². The van der Waals surface area contributed by atoms with Gasteiger partial charge in [-0.2, -0.15) is 4.98 Å². The van der Waals surface area contributed by atoms with Gasteiger partial charge in [-0.3, -0.25) is 0 Å². The lowest BCUT2D eigenvalue weighted by Crippen LogP contribution is -2.44. The molecular formula is C15H20N4O. The number of nitrogen functional groups attached to an aromatic ring is 1. The van der Waals surface area contributed by atoms with Crippen molar-refractivity contribution < 1.29 is 4.74 Å². The summed E-state index contributed by atoms with van der Waals surface area (Å²) < 4.78 is 5.54. The van der Waals surface area contributed by atoms with Crippen molar-refractivity contribution in [3.05, 3.63) is 24.3 Å². The SMILES string of the molecule is COC1CN(c2nc(N)c3ccccc3n2)CCC1C. The molecule has 2 atom stereocenters.